The maximum Gasteiger partial charge on any atom is 0.241 e. The van der Waals surface area contributed by atoms with Gasteiger partial charge in [0.05, 0.1) is 4.90 Å². The molecule has 1 aromatic rings. The van der Waals surface area contributed by atoms with Crippen LogP contribution in [-0.4, -0.2) is 21.0 Å². The Morgan fingerprint density at radius 1 is 1.40 bits per heavy atom. The van der Waals surface area contributed by atoms with E-state index in [0.29, 0.717) is 10.8 Å². The number of hydrogen-bond donors (Lipinski definition) is 2. The quantitative estimate of drug-likeness (QED) is 0.725. The summed E-state index contributed by atoms with van der Waals surface area (Å²) in [5, 5.41) is 3.31. The number of sulfonamides is 1. The second-order valence-electron chi connectivity index (χ2n) is 5.44. The van der Waals surface area contributed by atoms with Crippen molar-refractivity contribution in [1.29, 1.82) is 0 Å². The van der Waals surface area contributed by atoms with Gasteiger partial charge in [-0.2, -0.15) is 0 Å². The average molecular weight is 316 g/mol. The second-order valence-corrected chi connectivity index (χ2v) is 8.47. The minimum Gasteiger partial charge on any atom is -0.312 e. The zero-order valence-corrected chi connectivity index (χ0v) is 14.0. The van der Waals surface area contributed by atoms with Crippen molar-refractivity contribution in [3.63, 3.8) is 0 Å². The Kier molecular flexibility index (Phi) is 5.23. The molecule has 0 aliphatic heterocycles. The van der Waals surface area contributed by atoms with Crippen molar-refractivity contribution >= 4 is 21.4 Å². The van der Waals surface area contributed by atoms with Gasteiger partial charge in [-0.1, -0.05) is 20.3 Å². The lowest BCUT2D eigenvalue weighted by Crippen LogP contribution is -2.27. The van der Waals surface area contributed by atoms with Gasteiger partial charge < -0.3 is 5.32 Å². The summed E-state index contributed by atoms with van der Waals surface area (Å²) in [5.41, 5.74) is 0. The number of rotatable bonds is 8. The molecule has 1 heterocycles. The molecule has 114 valence electrons. The van der Waals surface area contributed by atoms with E-state index < -0.39 is 10.0 Å². The summed E-state index contributed by atoms with van der Waals surface area (Å²) in [6, 6.07) is 1.96. The second kappa shape index (κ2) is 6.56. The van der Waals surface area contributed by atoms with Crippen LogP contribution < -0.4 is 10.0 Å². The number of aryl methyl sites for hydroxylation is 1. The highest BCUT2D eigenvalue weighted by molar-refractivity contribution is 7.89. The third kappa shape index (κ3) is 3.81. The van der Waals surface area contributed by atoms with E-state index in [1.807, 2.05) is 13.0 Å². The van der Waals surface area contributed by atoms with Crippen molar-refractivity contribution in [3.05, 3.63) is 15.8 Å². The monoisotopic (exact) mass is 316 g/mol. The summed E-state index contributed by atoms with van der Waals surface area (Å²) in [6.45, 7) is 7.80. The first-order valence-electron chi connectivity index (χ1n) is 7.30. The maximum absolute atomic E-state index is 12.4. The molecule has 6 heteroatoms. The van der Waals surface area contributed by atoms with E-state index in [-0.39, 0.29) is 6.04 Å². The first-order chi connectivity index (χ1) is 9.47. The van der Waals surface area contributed by atoms with Crippen LogP contribution in [0, 0.1) is 12.8 Å². The summed E-state index contributed by atoms with van der Waals surface area (Å²) < 4.78 is 27.6. The molecule has 0 radical (unpaired) electrons. The van der Waals surface area contributed by atoms with E-state index >= 15 is 0 Å². The third-order valence-electron chi connectivity index (χ3n) is 3.69. The Hall–Kier alpha value is -0.430. The largest absolute Gasteiger partial charge is 0.312 e. The molecule has 0 spiro atoms. The molecule has 20 heavy (non-hydrogen) atoms. The lowest BCUT2D eigenvalue weighted by atomic mass is 10.3. The Balaban J connectivity index is 2.03. The van der Waals surface area contributed by atoms with E-state index in [0.717, 1.165) is 42.1 Å². The van der Waals surface area contributed by atoms with Gasteiger partial charge >= 0.3 is 0 Å². The van der Waals surface area contributed by atoms with Crippen LogP contribution >= 0.6 is 11.3 Å². The lowest BCUT2D eigenvalue weighted by Gasteiger charge is -2.05. The van der Waals surface area contributed by atoms with Gasteiger partial charge in [0, 0.05) is 22.3 Å². The van der Waals surface area contributed by atoms with Crippen LogP contribution in [0.15, 0.2) is 11.0 Å². The van der Waals surface area contributed by atoms with Gasteiger partial charge in [0.1, 0.15) is 0 Å². The van der Waals surface area contributed by atoms with Gasteiger partial charge in [0.2, 0.25) is 10.0 Å². The topological polar surface area (TPSA) is 58.2 Å². The Morgan fingerprint density at radius 3 is 2.75 bits per heavy atom. The molecular formula is C14H24N2O2S2. The van der Waals surface area contributed by atoms with E-state index in [1.165, 1.54) is 0 Å². The molecule has 0 aromatic carbocycles. The van der Waals surface area contributed by atoms with Crippen LogP contribution in [0.5, 0.6) is 0 Å². The lowest BCUT2D eigenvalue weighted by molar-refractivity contribution is 0.575. The molecule has 1 fully saturated rings. The Labute approximate surface area is 126 Å². The number of hydrogen-bond acceptors (Lipinski definition) is 4. The predicted octanol–water partition coefficient (Wildman–Crippen LogP) is 2.63. The molecule has 1 aromatic heterocycles. The fourth-order valence-electron chi connectivity index (χ4n) is 2.37. The van der Waals surface area contributed by atoms with Gasteiger partial charge in [-0.3, -0.25) is 0 Å². The molecule has 0 bridgehead atoms. The van der Waals surface area contributed by atoms with Crippen molar-refractivity contribution in [2.75, 3.05) is 6.54 Å². The van der Waals surface area contributed by atoms with Crippen LogP contribution in [0.4, 0.5) is 0 Å². The molecule has 1 aliphatic carbocycles. The molecule has 4 nitrogen and oxygen atoms in total. The molecular weight excluding hydrogens is 292 g/mol. The minimum atomic E-state index is -3.35. The molecule has 2 rings (SSSR count). The van der Waals surface area contributed by atoms with E-state index in [2.05, 4.69) is 23.9 Å². The van der Waals surface area contributed by atoms with Gasteiger partial charge in [-0.15, -0.1) is 11.3 Å². The zero-order chi connectivity index (χ0) is 14.8. The van der Waals surface area contributed by atoms with Gasteiger partial charge in [0.15, 0.2) is 0 Å². The molecule has 1 saturated carbocycles. The highest BCUT2D eigenvalue weighted by Gasteiger charge is 2.39. The van der Waals surface area contributed by atoms with Crippen LogP contribution in [0.3, 0.4) is 0 Å². The van der Waals surface area contributed by atoms with Crippen molar-refractivity contribution < 1.29 is 8.42 Å². The Morgan fingerprint density at radius 2 is 2.15 bits per heavy atom. The van der Waals surface area contributed by atoms with Crippen LogP contribution in [0.25, 0.3) is 0 Å². The summed E-state index contributed by atoms with van der Waals surface area (Å²) in [4.78, 5) is 2.41. The average Bonchev–Trinajstić information content (AvgIpc) is 3.01. The fraction of sp³-hybridized carbons (Fsp3) is 0.714. The number of nitrogens with one attached hydrogen (secondary N) is 2. The smallest absolute Gasteiger partial charge is 0.241 e. The van der Waals surface area contributed by atoms with Crippen LogP contribution in [0.2, 0.25) is 0 Å². The van der Waals surface area contributed by atoms with Gasteiger partial charge in [-0.05, 0) is 38.3 Å². The maximum atomic E-state index is 12.4. The number of thiophene rings is 1. The van der Waals surface area contributed by atoms with Crippen molar-refractivity contribution in [1.82, 2.24) is 10.0 Å². The van der Waals surface area contributed by atoms with Crippen molar-refractivity contribution in [3.8, 4) is 0 Å². The van der Waals surface area contributed by atoms with Gasteiger partial charge in [-0.25, -0.2) is 13.1 Å². The first-order valence-corrected chi connectivity index (χ1v) is 9.60. The predicted molar refractivity (Wildman–Crippen MR) is 83.6 cm³/mol. The molecule has 0 saturated heterocycles. The summed E-state index contributed by atoms with van der Waals surface area (Å²) in [5.74, 6) is 0.523. The van der Waals surface area contributed by atoms with Crippen LogP contribution in [0.1, 0.15) is 42.9 Å². The third-order valence-corrected chi connectivity index (χ3v) is 6.49. The van der Waals surface area contributed by atoms with E-state index in [1.54, 1.807) is 11.3 Å². The van der Waals surface area contributed by atoms with Crippen LogP contribution in [-0.2, 0) is 16.6 Å². The highest BCUT2D eigenvalue weighted by atomic mass is 32.2. The van der Waals surface area contributed by atoms with E-state index in [4.69, 9.17) is 0 Å². The zero-order valence-electron chi connectivity index (χ0n) is 12.4. The molecule has 1 aliphatic rings. The fourth-order valence-corrected chi connectivity index (χ4v) is 5.30. The normalized spacial score (nSPS) is 22.1. The molecule has 2 atom stereocenters. The SMILES string of the molecule is CCCNCc1cc(S(=O)(=O)NC2CC2CC)c(C)s1. The van der Waals surface area contributed by atoms with Crippen molar-refractivity contribution in [2.45, 2.75) is 57.5 Å². The standard InChI is InChI=1S/C14H24N2O2S2/c1-4-6-15-9-12-8-14(10(3)19-12)20(17,18)16-13-7-11(13)5-2/h8,11,13,15-16H,4-7,9H2,1-3H3. The van der Waals surface area contributed by atoms with E-state index in [9.17, 15) is 8.42 Å². The summed E-state index contributed by atoms with van der Waals surface area (Å²) in [6.07, 6.45) is 3.10. The first kappa shape index (κ1) is 15.9. The van der Waals surface area contributed by atoms with Gasteiger partial charge in [0.25, 0.3) is 0 Å². The molecule has 2 N–H and O–H groups in total. The summed E-state index contributed by atoms with van der Waals surface area (Å²) >= 11 is 1.56. The molecule has 0 amide bonds. The molecule has 2 unspecified atom stereocenters. The Bertz CT molecular complexity index is 552. The highest BCUT2D eigenvalue weighted by Crippen LogP contribution is 2.35. The summed E-state index contributed by atoms with van der Waals surface area (Å²) in [7, 11) is -3.35. The minimum absolute atomic E-state index is 0.144. The van der Waals surface area contributed by atoms with Crippen molar-refractivity contribution in [2.24, 2.45) is 5.92 Å².